The van der Waals surface area contributed by atoms with Crippen molar-refractivity contribution in [3.8, 4) is 0 Å². The molecule has 116 valence electrons. The number of aryl methyl sites for hydroxylation is 1. The second-order valence-corrected chi connectivity index (χ2v) is 4.91. The van der Waals surface area contributed by atoms with Gasteiger partial charge in [0.25, 0.3) is 0 Å². The predicted molar refractivity (Wildman–Crippen MR) is 80.8 cm³/mol. The molecule has 0 aliphatic carbocycles. The Balaban J connectivity index is 2.96. The van der Waals surface area contributed by atoms with Gasteiger partial charge in [-0.05, 0) is 43.5 Å². The molecule has 3 N–H and O–H groups in total. The van der Waals surface area contributed by atoms with Crippen LogP contribution in [0.2, 0.25) is 0 Å². The van der Waals surface area contributed by atoms with E-state index in [1.807, 2.05) is 6.92 Å². The van der Waals surface area contributed by atoms with Crippen LogP contribution in [-0.2, 0) is 0 Å². The lowest BCUT2D eigenvalue weighted by molar-refractivity contribution is 0.0696. The van der Waals surface area contributed by atoms with Crippen LogP contribution in [0.3, 0.4) is 0 Å². The fraction of sp³-hybridized carbons (Fsp3) is 0.467. The number of carbonyl (C=O) groups is 2. The number of carboxylic acids is 1. The van der Waals surface area contributed by atoms with E-state index in [4.69, 9.17) is 5.11 Å². The van der Waals surface area contributed by atoms with Gasteiger partial charge in [-0.2, -0.15) is 0 Å². The number of nitrogens with zero attached hydrogens (tertiary/aromatic N) is 1. The summed E-state index contributed by atoms with van der Waals surface area (Å²) in [5.74, 6) is -1.02. The van der Waals surface area contributed by atoms with E-state index in [0.29, 0.717) is 17.8 Å². The Morgan fingerprint density at radius 1 is 1.24 bits per heavy atom. The molecular formula is C15H22N2O4. The van der Waals surface area contributed by atoms with Crippen molar-refractivity contribution in [1.29, 1.82) is 0 Å². The number of carbonyl (C=O) groups excluding carboxylic acids is 1. The molecule has 0 radical (unpaired) electrons. The molecule has 0 fully saturated rings. The fourth-order valence-corrected chi connectivity index (χ4v) is 2.06. The molecular weight excluding hydrogens is 272 g/mol. The van der Waals surface area contributed by atoms with E-state index in [2.05, 4.69) is 5.32 Å². The number of aliphatic hydroxyl groups excluding tert-OH is 1. The summed E-state index contributed by atoms with van der Waals surface area (Å²) < 4.78 is 0. The smallest absolute Gasteiger partial charge is 0.336 e. The van der Waals surface area contributed by atoms with Gasteiger partial charge in [-0.1, -0.05) is 6.92 Å². The Bertz CT molecular complexity index is 523. The third-order valence-corrected chi connectivity index (χ3v) is 3.30. The van der Waals surface area contributed by atoms with Gasteiger partial charge in [0.05, 0.1) is 12.2 Å². The van der Waals surface area contributed by atoms with Crippen molar-refractivity contribution >= 4 is 17.7 Å². The molecule has 1 rings (SSSR count). The van der Waals surface area contributed by atoms with E-state index >= 15 is 0 Å². The minimum Gasteiger partial charge on any atom is -0.478 e. The van der Waals surface area contributed by atoms with E-state index in [1.165, 1.54) is 11.0 Å². The highest BCUT2D eigenvalue weighted by Gasteiger charge is 2.15. The highest BCUT2D eigenvalue weighted by Crippen LogP contribution is 2.20. The number of urea groups is 1. The quantitative estimate of drug-likeness (QED) is 0.750. The van der Waals surface area contributed by atoms with Gasteiger partial charge in [0.15, 0.2) is 0 Å². The first-order chi connectivity index (χ1) is 9.90. The minimum atomic E-state index is -1.02. The number of hydrogen-bond donors (Lipinski definition) is 3. The van der Waals surface area contributed by atoms with Crippen LogP contribution in [0, 0.1) is 13.8 Å². The zero-order valence-electron chi connectivity index (χ0n) is 12.6. The van der Waals surface area contributed by atoms with Crippen LogP contribution in [0.1, 0.15) is 34.8 Å². The summed E-state index contributed by atoms with van der Waals surface area (Å²) in [4.78, 5) is 24.8. The number of aliphatic hydroxyl groups is 1. The van der Waals surface area contributed by atoms with Gasteiger partial charge in [-0.25, -0.2) is 9.59 Å². The average molecular weight is 294 g/mol. The Labute approximate surface area is 124 Å². The highest BCUT2D eigenvalue weighted by molar-refractivity contribution is 5.94. The van der Waals surface area contributed by atoms with E-state index in [-0.39, 0.29) is 24.7 Å². The maximum Gasteiger partial charge on any atom is 0.336 e. The Hall–Kier alpha value is -2.08. The van der Waals surface area contributed by atoms with Crippen LogP contribution in [0.5, 0.6) is 0 Å². The largest absolute Gasteiger partial charge is 0.478 e. The number of aromatic carboxylic acids is 1. The van der Waals surface area contributed by atoms with Crippen LogP contribution in [0.15, 0.2) is 12.1 Å². The van der Waals surface area contributed by atoms with Gasteiger partial charge in [0.2, 0.25) is 0 Å². The third kappa shape index (κ3) is 4.46. The zero-order chi connectivity index (χ0) is 16.0. The van der Waals surface area contributed by atoms with E-state index in [0.717, 1.165) is 12.0 Å². The molecule has 2 amide bonds. The summed E-state index contributed by atoms with van der Waals surface area (Å²) in [7, 11) is 0. The lowest BCUT2D eigenvalue weighted by Gasteiger charge is -2.22. The molecule has 0 unspecified atom stereocenters. The molecule has 0 bridgehead atoms. The first-order valence-electron chi connectivity index (χ1n) is 6.92. The van der Waals surface area contributed by atoms with Crippen molar-refractivity contribution in [2.45, 2.75) is 27.2 Å². The Morgan fingerprint density at radius 2 is 1.90 bits per heavy atom. The first-order valence-corrected chi connectivity index (χ1v) is 6.92. The van der Waals surface area contributed by atoms with Crippen LogP contribution in [0.25, 0.3) is 0 Å². The SMILES string of the molecule is CCCN(CCO)C(=O)Nc1cc(C)c(C)c(C(=O)O)c1. The number of amides is 2. The molecule has 0 atom stereocenters. The molecule has 0 heterocycles. The maximum absolute atomic E-state index is 12.1. The van der Waals surface area contributed by atoms with Crippen molar-refractivity contribution in [1.82, 2.24) is 4.90 Å². The molecule has 6 heteroatoms. The van der Waals surface area contributed by atoms with Crippen LogP contribution in [0.4, 0.5) is 10.5 Å². The normalized spacial score (nSPS) is 10.3. The number of nitrogens with one attached hydrogen (secondary N) is 1. The summed E-state index contributed by atoms with van der Waals surface area (Å²) in [6, 6.07) is 2.85. The van der Waals surface area contributed by atoms with E-state index in [9.17, 15) is 14.7 Å². The molecule has 0 saturated carbocycles. The topological polar surface area (TPSA) is 89.9 Å². The predicted octanol–water partition coefficient (Wildman–Crippen LogP) is 2.24. The van der Waals surface area contributed by atoms with Gasteiger partial charge in [-0.3, -0.25) is 0 Å². The van der Waals surface area contributed by atoms with Crippen LogP contribution in [-0.4, -0.2) is 46.8 Å². The molecule has 0 aliphatic rings. The van der Waals surface area contributed by atoms with Crippen molar-refractivity contribution < 1.29 is 19.8 Å². The van der Waals surface area contributed by atoms with Gasteiger partial charge >= 0.3 is 12.0 Å². The maximum atomic E-state index is 12.1. The van der Waals surface area contributed by atoms with E-state index in [1.54, 1.807) is 19.9 Å². The van der Waals surface area contributed by atoms with Crippen LogP contribution >= 0.6 is 0 Å². The molecule has 1 aromatic carbocycles. The van der Waals surface area contributed by atoms with Crippen molar-refractivity contribution in [2.75, 3.05) is 25.0 Å². The molecule has 21 heavy (non-hydrogen) atoms. The number of hydrogen-bond acceptors (Lipinski definition) is 3. The summed E-state index contributed by atoms with van der Waals surface area (Å²) in [6.45, 7) is 6.14. The van der Waals surface area contributed by atoms with Crippen molar-refractivity contribution in [3.63, 3.8) is 0 Å². The minimum absolute atomic E-state index is 0.110. The molecule has 0 spiro atoms. The molecule has 0 aliphatic heterocycles. The van der Waals surface area contributed by atoms with E-state index < -0.39 is 5.97 Å². The van der Waals surface area contributed by atoms with Crippen LogP contribution < -0.4 is 5.32 Å². The molecule has 0 saturated heterocycles. The molecule has 6 nitrogen and oxygen atoms in total. The lowest BCUT2D eigenvalue weighted by Crippen LogP contribution is -2.37. The second kappa shape index (κ2) is 7.64. The Morgan fingerprint density at radius 3 is 2.43 bits per heavy atom. The lowest BCUT2D eigenvalue weighted by atomic mass is 10.0. The highest BCUT2D eigenvalue weighted by atomic mass is 16.4. The number of rotatable bonds is 6. The standard InChI is InChI=1S/C15H22N2O4/c1-4-5-17(6-7-18)15(21)16-12-8-10(2)11(3)13(9-12)14(19)20/h8-9,18H,4-7H2,1-3H3,(H,16,21)(H,19,20). The fourth-order valence-electron chi connectivity index (χ4n) is 2.06. The Kier molecular flexibility index (Phi) is 6.17. The monoisotopic (exact) mass is 294 g/mol. The number of anilines is 1. The van der Waals surface area contributed by atoms with Gasteiger partial charge in [0, 0.05) is 18.8 Å². The third-order valence-electron chi connectivity index (χ3n) is 3.30. The molecule has 1 aromatic rings. The first kappa shape index (κ1) is 17.0. The summed E-state index contributed by atoms with van der Waals surface area (Å²) in [6.07, 6.45) is 0.778. The van der Waals surface area contributed by atoms with Crippen molar-refractivity contribution in [3.05, 3.63) is 28.8 Å². The average Bonchev–Trinajstić information content (AvgIpc) is 2.42. The van der Waals surface area contributed by atoms with Gasteiger partial charge in [-0.15, -0.1) is 0 Å². The van der Waals surface area contributed by atoms with Gasteiger partial charge in [0.1, 0.15) is 0 Å². The zero-order valence-corrected chi connectivity index (χ0v) is 12.6. The number of carboxylic acid groups (broad SMARTS) is 1. The second-order valence-electron chi connectivity index (χ2n) is 4.91. The summed E-state index contributed by atoms with van der Waals surface area (Å²) >= 11 is 0. The number of benzene rings is 1. The summed E-state index contributed by atoms with van der Waals surface area (Å²) in [5, 5.41) is 20.8. The van der Waals surface area contributed by atoms with Gasteiger partial charge < -0.3 is 20.4 Å². The summed E-state index contributed by atoms with van der Waals surface area (Å²) in [5.41, 5.74) is 2.10. The molecule has 0 aromatic heterocycles. The van der Waals surface area contributed by atoms with Crippen molar-refractivity contribution in [2.24, 2.45) is 0 Å².